The topological polar surface area (TPSA) is 45.2 Å². The summed E-state index contributed by atoms with van der Waals surface area (Å²) in [4.78, 5) is 19.3. The standard InChI is InChI=1S/C21H18ClN3O/c1-14-17(22)6-4-7-18(14)24-21(26)16-9-11-23-20(13-16)25-12-10-15-5-2-3-8-19(15)25/h2-9,11,13H,10,12H2,1H3,(H,24,26). The second kappa shape index (κ2) is 6.81. The lowest BCUT2D eigenvalue weighted by Gasteiger charge is -2.19. The van der Waals surface area contributed by atoms with E-state index in [4.69, 9.17) is 11.6 Å². The summed E-state index contributed by atoms with van der Waals surface area (Å²) in [5, 5.41) is 3.57. The van der Waals surface area contributed by atoms with Gasteiger partial charge in [-0.2, -0.15) is 0 Å². The lowest BCUT2D eigenvalue weighted by Crippen LogP contribution is -2.17. The summed E-state index contributed by atoms with van der Waals surface area (Å²) in [7, 11) is 0. The van der Waals surface area contributed by atoms with Gasteiger partial charge in [0.2, 0.25) is 0 Å². The van der Waals surface area contributed by atoms with Crippen LogP contribution in [0.4, 0.5) is 17.2 Å². The fraction of sp³-hybridized carbons (Fsp3) is 0.143. The van der Waals surface area contributed by atoms with Crippen molar-refractivity contribution in [2.24, 2.45) is 0 Å². The van der Waals surface area contributed by atoms with Crippen molar-refractivity contribution in [1.29, 1.82) is 0 Å². The number of nitrogens with one attached hydrogen (secondary N) is 1. The number of hydrogen-bond acceptors (Lipinski definition) is 3. The van der Waals surface area contributed by atoms with Gasteiger partial charge in [-0.3, -0.25) is 4.79 Å². The van der Waals surface area contributed by atoms with Crippen LogP contribution in [0.2, 0.25) is 5.02 Å². The number of halogens is 1. The van der Waals surface area contributed by atoms with Crippen molar-refractivity contribution in [1.82, 2.24) is 4.98 Å². The van der Waals surface area contributed by atoms with Gasteiger partial charge in [-0.25, -0.2) is 4.98 Å². The van der Waals surface area contributed by atoms with Gasteiger partial charge in [0.05, 0.1) is 0 Å². The number of hydrogen-bond donors (Lipinski definition) is 1. The van der Waals surface area contributed by atoms with Crippen molar-refractivity contribution in [3.63, 3.8) is 0 Å². The predicted molar refractivity (Wildman–Crippen MR) is 106 cm³/mol. The van der Waals surface area contributed by atoms with Gasteiger partial charge in [0.25, 0.3) is 5.91 Å². The van der Waals surface area contributed by atoms with Crippen molar-refractivity contribution < 1.29 is 4.79 Å². The number of nitrogens with zero attached hydrogens (tertiary/aromatic N) is 2. The average Bonchev–Trinajstić information content (AvgIpc) is 3.10. The number of carbonyl (C=O) groups excluding carboxylic acids is 1. The zero-order chi connectivity index (χ0) is 18.1. The van der Waals surface area contributed by atoms with Gasteiger partial charge >= 0.3 is 0 Å². The monoisotopic (exact) mass is 363 g/mol. The van der Waals surface area contributed by atoms with Crippen molar-refractivity contribution >= 4 is 34.7 Å². The number of rotatable bonds is 3. The highest BCUT2D eigenvalue weighted by atomic mass is 35.5. The maximum atomic E-state index is 12.7. The van der Waals surface area contributed by atoms with Crippen LogP contribution in [0.25, 0.3) is 0 Å². The Morgan fingerprint density at radius 2 is 2.00 bits per heavy atom. The third-order valence-electron chi connectivity index (χ3n) is 4.69. The smallest absolute Gasteiger partial charge is 0.255 e. The minimum Gasteiger partial charge on any atom is -0.326 e. The number of anilines is 3. The van der Waals surface area contributed by atoms with E-state index in [0.717, 1.165) is 30.0 Å². The summed E-state index contributed by atoms with van der Waals surface area (Å²) in [6.07, 6.45) is 2.66. The molecule has 1 N–H and O–H groups in total. The van der Waals surface area contributed by atoms with Crippen molar-refractivity contribution in [2.75, 3.05) is 16.8 Å². The van der Waals surface area contributed by atoms with Gasteiger partial charge in [0.15, 0.2) is 0 Å². The molecule has 0 aliphatic carbocycles. The van der Waals surface area contributed by atoms with E-state index in [-0.39, 0.29) is 5.91 Å². The van der Waals surface area contributed by atoms with E-state index in [1.54, 1.807) is 12.3 Å². The molecule has 0 saturated heterocycles. The van der Waals surface area contributed by atoms with Crippen LogP contribution in [0.3, 0.4) is 0 Å². The van der Waals surface area contributed by atoms with E-state index >= 15 is 0 Å². The second-order valence-corrected chi connectivity index (χ2v) is 6.71. The molecule has 1 aromatic heterocycles. The molecule has 0 atom stereocenters. The Morgan fingerprint density at radius 3 is 2.88 bits per heavy atom. The van der Waals surface area contributed by atoms with Crippen LogP contribution in [0.5, 0.6) is 0 Å². The highest BCUT2D eigenvalue weighted by Gasteiger charge is 2.21. The number of benzene rings is 2. The summed E-state index contributed by atoms with van der Waals surface area (Å²) < 4.78 is 0. The van der Waals surface area contributed by atoms with Crippen molar-refractivity contribution in [2.45, 2.75) is 13.3 Å². The second-order valence-electron chi connectivity index (χ2n) is 6.30. The minimum absolute atomic E-state index is 0.175. The molecule has 5 heteroatoms. The van der Waals surface area contributed by atoms with Gasteiger partial charge < -0.3 is 10.2 Å². The Hall–Kier alpha value is -2.85. The van der Waals surface area contributed by atoms with Crippen molar-refractivity contribution in [3.8, 4) is 0 Å². The molecule has 1 aliphatic heterocycles. The van der Waals surface area contributed by atoms with E-state index in [2.05, 4.69) is 27.3 Å². The molecule has 2 aromatic carbocycles. The number of fused-ring (bicyclic) bond motifs is 1. The number of carbonyl (C=O) groups is 1. The Balaban J connectivity index is 1.60. The van der Waals surface area contributed by atoms with E-state index in [0.29, 0.717) is 16.3 Å². The number of aromatic nitrogens is 1. The molecule has 0 fully saturated rings. The Morgan fingerprint density at radius 1 is 1.15 bits per heavy atom. The summed E-state index contributed by atoms with van der Waals surface area (Å²) >= 11 is 6.13. The highest BCUT2D eigenvalue weighted by molar-refractivity contribution is 6.31. The first kappa shape index (κ1) is 16.6. The number of amides is 1. The normalized spacial score (nSPS) is 12.8. The quantitative estimate of drug-likeness (QED) is 0.713. The van der Waals surface area contributed by atoms with Crippen LogP contribution < -0.4 is 10.2 Å². The molecule has 3 aromatic rings. The number of pyridine rings is 1. The van der Waals surface area contributed by atoms with Crippen LogP contribution in [-0.4, -0.2) is 17.4 Å². The van der Waals surface area contributed by atoms with Crippen LogP contribution in [0.15, 0.2) is 60.8 Å². The van der Waals surface area contributed by atoms with Gasteiger partial charge in [-0.1, -0.05) is 35.9 Å². The van der Waals surface area contributed by atoms with Gasteiger partial charge in [-0.05, 0) is 54.8 Å². The van der Waals surface area contributed by atoms with Crippen molar-refractivity contribution in [3.05, 3.63) is 82.5 Å². The van der Waals surface area contributed by atoms with Crippen LogP contribution in [0, 0.1) is 6.92 Å². The molecule has 0 bridgehead atoms. The molecule has 0 saturated carbocycles. The lowest BCUT2D eigenvalue weighted by atomic mass is 10.1. The Bertz CT molecular complexity index is 986. The average molecular weight is 364 g/mol. The zero-order valence-electron chi connectivity index (χ0n) is 14.4. The first-order valence-corrected chi connectivity index (χ1v) is 8.89. The molecule has 0 radical (unpaired) electrons. The Labute approximate surface area is 157 Å². The van der Waals surface area contributed by atoms with Gasteiger partial charge in [0, 0.05) is 34.7 Å². The first-order valence-electron chi connectivity index (χ1n) is 8.51. The molecule has 4 nitrogen and oxygen atoms in total. The summed E-state index contributed by atoms with van der Waals surface area (Å²) in [6.45, 7) is 2.75. The van der Waals surface area contributed by atoms with Gasteiger partial charge in [0.1, 0.15) is 5.82 Å². The van der Waals surface area contributed by atoms with Crippen LogP contribution in [-0.2, 0) is 6.42 Å². The molecule has 0 unspecified atom stereocenters. The first-order chi connectivity index (χ1) is 12.6. The maximum absolute atomic E-state index is 12.7. The molecular weight excluding hydrogens is 346 g/mol. The van der Waals surface area contributed by atoms with E-state index in [9.17, 15) is 4.79 Å². The molecule has 1 amide bonds. The fourth-order valence-electron chi connectivity index (χ4n) is 3.22. The summed E-state index contributed by atoms with van der Waals surface area (Å²) in [6, 6.07) is 17.3. The third-order valence-corrected chi connectivity index (χ3v) is 5.10. The lowest BCUT2D eigenvalue weighted by molar-refractivity contribution is 0.102. The fourth-order valence-corrected chi connectivity index (χ4v) is 3.40. The zero-order valence-corrected chi connectivity index (χ0v) is 15.1. The SMILES string of the molecule is Cc1c(Cl)cccc1NC(=O)c1ccnc(N2CCc3ccccc32)c1. The molecule has 26 heavy (non-hydrogen) atoms. The summed E-state index contributed by atoms with van der Waals surface area (Å²) in [5.74, 6) is 0.608. The minimum atomic E-state index is -0.175. The summed E-state index contributed by atoms with van der Waals surface area (Å²) in [5.41, 5.74) is 4.60. The third kappa shape index (κ3) is 3.04. The van der Waals surface area contributed by atoms with Gasteiger partial charge in [-0.15, -0.1) is 0 Å². The molecule has 4 rings (SSSR count). The largest absolute Gasteiger partial charge is 0.326 e. The van der Waals surface area contributed by atoms with E-state index in [1.807, 2.05) is 43.3 Å². The highest BCUT2D eigenvalue weighted by Crippen LogP contribution is 2.33. The van der Waals surface area contributed by atoms with Crippen LogP contribution in [0.1, 0.15) is 21.5 Å². The molecule has 130 valence electrons. The van der Waals surface area contributed by atoms with E-state index < -0.39 is 0 Å². The predicted octanol–water partition coefficient (Wildman–Crippen LogP) is 4.99. The number of para-hydroxylation sites is 1. The Kier molecular flexibility index (Phi) is 4.35. The maximum Gasteiger partial charge on any atom is 0.255 e. The van der Waals surface area contributed by atoms with Crippen LogP contribution >= 0.6 is 11.6 Å². The molecular formula is C21H18ClN3O. The molecule has 2 heterocycles. The van der Waals surface area contributed by atoms with E-state index in [1.165, 1.54) is 5.56 Å². The molecule has 1 aliphatic rings. The molecule has 0 spiro atoms.